The molecule has 0 saturated carbocycles. The SMILES string of the molecule is Cc1cnc2[nH]cc([C@@H](C)N)c2c1. The molecule has 0 spiro atoms. The standard InChI is InChI=1S/C10H13N3/c1-6-3-8-9(7(2)11)5-13-10(8)12-4-6/h3-5,7H,11H2,1-2H3,(H,12,13)/t7-/m1/s1. The van der Waals surface area contributed by atoms with Gasteiger partial charge in [-0.2, -0.15) is 0 Å². The highest BCUT2D eigenvalue weighted by molar-refractivity contribution is 5.80. The lowest BCUT2D eigenvalue weighted by molar-refractivity contribution is 0.826. The summed E-state index contributed by atoms with van der Waals surface area (Å²) in [7, 11) is 0. The number of hydrogen-bond donors (Lipinski definition) is 2. The maximum absolute atomic E-state index is 5.83. The van der Waals surface area contributed by atoms with Crippen LogP contribution in [0.2, 0.25) is 0 Å². The molecule has 13 heavy (non-hydrogen) atoms. The van der Waals surface area contributed by atoms with Crippen LogP contribution in [-0.4, -0.2) is 9.97 Å². The van der Waals surface area contributed by atoms with Gasteiger partial charge in [0.2, 0.25) is 0 Å². The van der Waals surface area contributed by atoms with Gasteiger partial charge < -0.3 is 10.7 Å². The van der Waals surface area contributed by atoms with Gasteiger partial charge in [-0.25, -0.2) is 4.98 Å². The number of nitrogens with two attached hydrogens (primary N) is 1. The number of H-pyrrole nitrogens is 1. The summed E-state index contributed by atoms with van der Waals surface area (Å²) in [6.07, 6.45) is 3.78. The Bertz CT molecular complexity index is 429. The molecule has 0 aromatic carbocycles. The third-order valence-electron chi connectivity index (χ3n) is 2.19. The molecule has 0 aliphatic heterocycles. The highest BCUT2D eigenvalue weighted by atomic mass is 14.8. The molecule has 0 saturated heterocycles. The van der Waals surface area contributed by atoms with E-state index in [2.05, 4.69) is 16.0 Å². The van der Waals surface area contributed by atoms with Crippen LogP contribution in [0, 0.1) is 6.92 Å². The minimum absolute atomic E-state index is 0.0531. The molecule has 1 atom stereocenters. The van der Waals surface area contributed by atoms with Crippen molar-refractivity contribution in [3.63, 3.8) is 0 Å². The van der Waals surface area contributed by atoms with Gasteiger partial charge in [-0.15, -0.1) is 0 Å². The maximum atomic E-state index is 5.83. The van der Waals surface area contributed by atoms with Crippen molar-refractivity contribution >= 4 is 11.0 Å². The molecule has 0 aliphatic carbocycles. The fourth-order valence-electron chi connectivity index (χ4n) is 1.50. The van der Waals surface area contributed by atoms with Gasteiger partial charge >= 0.3 is 0 Å². The molecule has 2 aromatic heterocycles. The number of aromatic nitrogens is 2. The molecule has 0 fully saturated rings. The van der Waals surface area contributed by atoms with Gasteiger partial charge in [-0.3, -0.25) is 0 Å². The quantitative estimate of drug-likeness (QED) is 0.695. The van der Waals surface area contributed by atoms with Gasteiger partial charge in [0.15, 0.2) is 0 Å². The average molecular weight is 175 g/mol. The Kier molecular flexibility index (Phi) is 1.81. The fourth-order valence-corrected chi connectivity index (χ4v) is 1.50. The zero-order valence-electron chi connectivity index (χ0n) is 7.83. The summed E-state index contributed by atoms with van der Waals surface area (Å²) in [4.78, 5) is 7.38. The van der Waals surface area contributed by atoms with Crippen molar-refractivity contribution in [1.82, 2.24) is 9.97 Å². The third-order valence-corrected chi connectivity index (χ3v) is 2.19. The van der Waals surface area contributed by atoms with Gasteiger partial charge in [-0.1, -0.05) is 0 Å². The number of fused-ring (bicyclic) bond motifs is 1. The molecule has 0 radical (unpaired) electrons. The van der Waals surface area contributed by atoms with Crippen molar-refractivity contribution in [3.05, 3.63) is 29.6 Å². The first kappa shape index (κ1) is 8.26. The van der Waals surface area contributed by atoms with Gasteiger partial charge in [0, 0.05) is 23.8 Å². The zero-order chi connectivity index (χ0) is 9.42. The third kappa shape index (κ3) is 1.31. The lowest BCUT2D eigenvalue weighted by atomic mass is 10.1. The van der Waals surface area contributed by atoms with Crippen LogP contribution in [0.4, 0.5) is 0 Å². The van der Waals surface area contributed by atoms with Crippen molar-refractivity contribution in [2.24, 2.45) is 5.73 Å². The van der Waals surface area contributed by atoms with E-state index in [-0.39, 0.29) is 6.04 Å². The average Bonchev–Trinajstić information content (AvgIpc) is 2.46. The van der Waals surface area contributed by atoms with Crippen LogP contribution in [0.15, 0.2) is 18.5 Å². The smallest absolute Gasteiger partial charge is 0.137 e. The fraction of sp³-hybridized carbons (Fsp3) is 0.300. The highest BCUT2D eigenvalue weighted by Gasteiger charge is 2.07. The lowest BCUT2D eigenvalue weighted by Crippen LogP contribution is -2.03. The Morgan fingerprint density at radius 2 is 2.31 bits per heavy atom. The molecule has 3 nitrogen and oxygen atoms in total. The monoisotopic (exact) mass is 175 g/mol. The first-order chi connectivity index (χ1) is 6.18. The van der Waals surface area contributed by atoms with E-state index in [9.17, 15) is 0 Å². The Balaban J connectivity index is 2.71. The first-order valence-corrected chi connectivity index (χ1v) is 4.37. The summed E-state index contributed by atoms with van der Waals surface area (Å²) in [6, 6.07) is 2.16. The van der Waals surface area contributed by atoms with E-state index >= 15 is 0 Å². The summed E-state index contributed by atoms with van der Waals surface area (Å²) >= 11 is 0. The Hall–Kier alpha value is -1.35. The van der Waals surface area contributed by atoms with Gasteiger partial charge in [0.25, 0.3) is 0 Å². The van der Waals surface area contributed by atoms with Crippen LogP contribution in [-0.2, 0) is 0 Å². The molecule has 68 valence electrons. The van der Waals surface area contributed by atoms with Crippen molar-refractivity contribution < 1.29 is 0 Å². The minimum atomic E-state index is 0.0531. The Morgan fingerprint density at radius 3 is 3.00 bits per heavy atom. The molecule has 0 amide bonds. The number of aryl methyl sites for hydroxylation is 1. The topological polar surface area (TPSA) is 54.7 Å². The Labute approximate surface area is 77.0 Å². The number of pyridine rings is 1. The van der Waals surface area contributed by atoms with Crippen LogP contribution >= 0.6 is 0 Å². The molecule has 0 aliphatic rings. The highest BCUT2D eigenvalue weighted by Crippen LogP contribution is 2.21. The van der Waals surface area contributed by atoms with Crippen molar-refractivity contribution in [3.8, 4) is 0 Å². The van der Waals surface area contributed by atoms with Crippen molar-refractivity contribution in [1.29, 1.82) is 0 Å². The molecule has 0 bridgehead atoms. The van der Waals surface area contributed by atoms with E-state index in [4.69, 9.17) is 5.73 Å². The summed E-state index contributed by atoms with van der Waals surface area (Å²) in [6.45, 7) is 4.01. The first-order valence-electron chi connectivity index (χ1n) is 4.37. The van der Waals surface area contributed by atoms with E-state index in [1.807, 2.05) is 26.2 Å². The van der Waals surface area contributed by atoms with Gasteiger partial charge in [-0.05, 0) is 31.0 Å². The molecule has 0 unspecified atom stereocenters. The van der Waals surface area contributed by atoms with Crippen molar-refractivity contribution in [2.45, 2.75) is 19.9 Å². The molecular weight excluding hydrogens is 162 g/mol. The number of nitrogens with one attached hydrogen (secondary N) is 1. The second-order valence-corrected chi connectivity index (χ2v) is 3.44. The molecular formula is C10H13N3. The van der Waals surface area contributed by atoms with Crippen LogP contribution in [0.1, 0.15) is 24.1 Å². The van der Waals surface area contributed by atoms with Crippen LogP contribution in [0.25, 0.3) is 11.0 Å². The van der Waals surface area contributed by atoms with Crippen LogP contribution < -0.4 is 5.73 Å². The van der Waals surface area contributed by atoms with E-state index in [0.29, 0.717) is 0 Å². The van der Waals surface area contributed by atoms with Gasteiger partial charge in [0.1, 0.15) is 5.65 Å². The molecule has 2 heterocycles. The largest absolute Gasteiger partial charge is 0.346 e. The zero-order valence-corrected chi connectivity index (χ0v) is 7.83. The summed E-state index contributed by atoms with van der Waals surface area (Å²) < 4.78 is 0. The van der Waals surface area contributed by atoms with Crippen molar-refractivity contribution in [2.75, 3.05) is 0 Å². The molecule has 3 N–H and O–H groups in total. The predicted molar refractivity (Wildman–Crippen MR) is 53.4 cm³/mol. The van der Waals surface area contributed by atoms with E-state index in [0.717, 1.165) is 22.2 Å². The molecule has 2 rings (SSSR count). The number of hydrogen-bond acceptors (Lipinski definition) is 2. The van der Waals surface area contributed by atoms with E-state index in [1.54, 1.807) is 0 Å². The number of rotatable bonds is 1. The second kappa shape index (κ2) is 2.85. The Morgan fingerprint density at radius 1 is 1.54 bits per heavy atom. The second-order valence-electron chi connectivity index (χ2n) is 3.44. The predicted octanol–water partition coefficient (Wildman–Crippen LogP) is 1.89. The summed E-state index contributed by atoms with van der Waals surface area (Å²) in [5.41, 5.74) is 9.03. The normalized spacial score (nSPS) is 13.5. The summed E-state index contributed by atoms with van der Waals surface area (Å²) in [5.74, 6) is 0. The number of aromatic amines is 1. The van der Waals surface area contributed by atoms with Crippen LogP contribution in [0.3, 0.4) is 0 Å². The lowest BCUT2D eigenvalue weighted by Gasteiger charge is -2.02. The summed E-state index contributed by atoms with van der Waals surface area (Å²) in [5, 5.41) is 1.13. The van der Waals surface area contributed by atoms with Gasteiger partial charge in [0.05, 0.1) is 0 Å². The molecule has 3 heteroatoms. The van der Waals surface area contributed by atoms with Crippen LogP contribution in [0.5, 0.6) is 0 Å². The number of nitrogens with zero attached hydrogens (tertiary/aromatic N) is 1. The minimum Gasteiger partial charge on any atom is -0.346 e. The van der Waals surface area contributed by atoms with E-state index < -0.39 is 0 Å². The molecule has 2 aromatic rings. The maximum Gasteiger partial charge on any atom is 0.137 e. The van der Waals surface area contributed by atoms with E-state index in [1.165, 1.54) is 0 Å².